The summed E-state index contributed by atoms with van der Waals surface area (Å²) in [6.45, 7) is 0.945. The molecule has 0 bridgehead atoms. The van der Waals surface area contributed by atoms with Gasteiger partial charge in [-0.25, -0.2) is 8.42 Å². The van der Waals surface area contributed by atoms with Crippen LogP contribution >= 0.6 is 23.2 Å². The lowest BCUT2D eigenvalue weighted by Crippen LogP contribution is -2.20. The molecule has 0 saturated heterocycles. The third-order valence-corrected chi connectivity index (χ3v) is 8.87. The number of fused-ring (bicyclic) bond motifs is 2. The molecule has 1 aliphatic carbocycles. The molecule has 0 aliphatic heterocycles. The average molecular weight is 517 g/mol. The molecular formula is C26H26Cl2N2O3S. The number of rotatable bonds is 7. The van der Waals surface area contributed by atoms with Crippen molar-refractivity contribution >= 4 is 54.7 Å². The second kappa shape index (κ2) is 9.76. The fraction of sp³-hybridized carbons (Fsp3) is 0.346. The molecule has 1 aliphatic rings. The van der Waals surface area contributed by atoms with Gasteiger partial charge in [-0.15, -0.1) is 23.2 Å². The van der Waals surface area contributed by atoms with Gasteiger partial charge in [-0.2, -0.15) is 5.10 Å². The summed E-state index contributed by atoms with van der Waals surface area (Å²) in [4.78, 5) is 0.256. The van der Waals surface area contributed by atoms with Crippen molar-refractivity contribution in [1.29, 1.82) is 0 Å². The number of benzene rings is 3. The minimum Gasteiger partial charge on any atom is -0.490 e. The van der Waals surface area contributed by atoms with E-state index in [1.54, 1.807) is 24.3 Å². The van der Waals surface area contributed by atoms with E-state index in [0.717, 1.165) is 31.1 Å². The standard InChI is InChI=1S/C26H26Cl2N2O3S/c27-15-16-33-23-9-4-8-22-25(23)30(17-18-11-13-20(28)14-12-18)29-26(22)34(31,32)24-10-3-6-19-5-1-2-7-21(19)24/h1-10,18,20H,11-17H2. The minimum absolute atomic E-state index is 0.0567. The van der Waals surface area contributed by atoms with Crippen molar-refractivity contribution in [1.82, 2.24) is 9.78 Å². The first-order valence-electron chi connectivity index (χ1n) is 11.5. The van der Waals surface area contributed by atoms with Crippen LogP contribution in [0.4, 0.5) is 0 Å². The molecule has 1 heterocycles. The summed E-state index contributed by atoms with van der Waals surface area (Å²) in [5.41, 5.74) is 0.694. The van der Waals surface area contributed by atoms with Gasteiger partial charge >= 0.3 is 0 Å². The van der Waals surface area contributed by atoms with E-state index < -0.39 is 9.84 Å². The molecule has 1 aromatic heterocycles. The zero-order valence-electron chi connectivity index (χ0n) is 18.7. The predicted octanol–water partition coefficient (Wildman–Crippen LogP) is 6.44. The van der Waals surface area contributed by atoms with Crippen molar-refractivity contribution in [3.8, 4) is 5.75 Å². The summed E-state index contributed by atoms with van der Waals surface area (Å²) in [7, 11) is -3.89. The van der Waals surface area contributed by atoms with Crippen LogP contribution in [0.3, 0.4) is 0 Å². The molecule has 3 aromatic carbocycles. The Labute approximate surface area is 209 Å². The van der Waals surface area contributed by atoms with E-state index in [-0.39, 0.29) is 15.3 Å². The van der Waals surface area contributed by atoms with Crippen LogP contribution in [0.5, 0.6) is 5.75 Å². The van der Waals surface area contributed by atoms with Crippen molar-refractivity contribution in [3.05, 3.63) is 60.7 Å². The SMILES string of the molecule is O=S(=O)(c1cccc2ccccc12)c1nn(CC2CCC(Cl)CC2)c2c(OCCCl)cccc12. The van der Waals surface area contributed by atoms with Crippen LogP contribution in [-0.2, 0) is 16.4 Å². The van der Waals surface area contributed by atoms with E-state index in [0.29, 0.717) is 47.0 Å². The van der Waals surface area contributed by atoms with Crippen LogP contribution in [0.2, 0.25) is 0 Å². The van der Waals surface area contributed by atoms with E-state index in [1.165, 1.54) is 0 Å². The number of hydrogen-bond acceptors (Lipinski definition) is 4. The highest BCUT2D eigenvalue weighted by Crippen LogP contribution is 2.37. The van der Waals surface area contributed by atoms with Gasteiger partial charge in [0.25, 0.3) is 0 Å². The first-order valence-corrected chi connectivity index (χ1v) is 14.0. The normalized spacial score (nSPS) is 19.0. The Hall–Kier alpha value is -2.28. The first kappa shape index (κ1) is 23.5. The number of para-hydroxylation sites is 1. The minimum atomic E-state index is -3.89. The van der Waals surface area contributed by atoms with E-state index in [9.17, 15) is 8.42 Å². The monoisotopic (exact) mass is 516 g/mol. The second-order valence-corrected chi connectivity index (χ2v) is 11.6. The van der Waals surface area contributed by atoms with Gasteiger partial charge in [-0.1, -0.05) is 42.5 Å². The summed E-state index contributed by atoms with van der Waals surface area (Å²) in [5.74, 6) is 1.31. The molecule has 0 spiro atoms. The van der Waals surface area contributed by atoms with Crippen LogP contribution < -0.4 is 4.74 Å². The average Bonchev–Trinajstić information content (AvgIpc) is 3.23. The van der Waals surface area contributed by atoms with Crippen LogP contribution in [0.25, 0.3) is 21.7 Å². The maximum Gasteiger partial charge on any atom is 0.226 e. The topological polar surface area (TPSA) is 61.2 Å². The zero-order valence-corrected chi connectivity index (χ0v) is 21.0. The van der Waals surface area contributed by atoms with Gasteiger partial charge in [-0.3, -0.25) is 4.68 Å². The number of hydrogen-bond donors (Lipinski definition) is 0. The second-order valence-electron chi connectivity index (χ2n) is 8.78. The van der Waals surface area contributed by atoms with Crippen molar-refractivity contribution in [2.75, 3.05) is 12.5 Å². The molecule has 8 heteroatoms. The van der Waals surface area contributed by atoms with Crippen molar-refractivity contribution in [3.63, 3.8) is 0 Å². The van der Waals surface area contributed by atoms with Gasteiger partial charge in [0.05, 0.1) is 10.8 Å². The molecule has 5 nitrogen and oxygen atoms in total. The molecule has 4 aromatic rings. The number of nitrogens with zero attached hydrogens (tertiary/aromatic N) is 2. The van der Waals surface area contributed by atoms with Gasteiger partial charge in [0, 0.05) is 22.7 Å². The number of alkyl halides is 2. The van der Waals surface area contributed by atoms with Crippen LogP contribution in [0, 0.1) is 5.92 Å². The third-order valence-electron chi connectivity index (χ3n) is 6.53. The van der Waals surface area contributed by atoms with Crippen molar-refractivity contribution in [2.45, 2.75) is 47.5 Å². The molecule has 0 radical (unpaired) electrons. The lowest BCUT2D eigenvalue weighted by molar-refractivity contribution is 0.309. The molecule has 0 unspecified atom stereocenters. The number of sulfone groups is 1. The van der Waals surface area contributed by atoms with Gasteiger partial charge in [0.2, 0.25) is 9.84 Å². The van der Waals surface area contributed by atoms with Crippen molar-refractivity contribution < 1.29 is 13.2 Å². The number of halogens is 2. The van der Waals surface area contributed by atoms with Gasteiger partial charge < -0.3 is 4.74 Å². The quantitative estimate of drug-likeness (QED) is 0.265. The zero-order chi connectivity index (χ0) is 23.7. The molecular weight excluding hydrogens is 491 g/mol. The van der Waals surface area contributed by atoms with E-state index in [1.807, 2.05) is 41.1 Å². The molecule has 5 rings (SSSR count). The molecule has 1 saturated carbocycles. The largest absolute Gasteiger partial charge is 0.490 e. The fourth-order valence-electron chi connectivity index (χ4n) is 4.85. The summed E-state index contributed by atoms with van der Waals surface area (Å²) in [6, 6.07) is 18.3. The highest BCUT2D eigenvalue weighted by Gasteiger charge is 2.29. The first-order chi connectivity index (χ1) is 16.5. The predicted molar refractivity (Wildman–Crippen MR) is 137 cm³/mol. The number of aromatic nitrogens is 2. The lowest BCUT2D eigenvalue weighted by atomic mass is 9.89. The van der Waals surface area contributed by atoms with Crippen LogP contribution in [0.15, 0.2) is 70.6 Å². The third kappa shape index (κ3) is 4.39. The van der Waals surface area contributed by atoms with Crippen LogP contribution in [-0.4, -0.2) is 36.1 Å². The summed E-state index contributed by atoms with van der Waals surface area (Å²) >= 11 is 12.2. The Morgan fingerprint density at radius 1 is 0.941 bits per heavy atom. The summed E-state index contributed by atoms with van der Waals surface area (Å²) in [6.07, 6.45) is 3.90. The highest BCUT2D eigenvalue weighted by molar-refractivity contribution is 7.91. The van der Waals surface area contributed by atoms with Gasteiger partial charge in [-0.05, 0) is 55.2 Å². The Bertz CT molecular complexity index is 1420. The highest BCUT2D eigenvalue weighted by atomic mass is 35.5. The Kier molecular flexibility index (Phi) is 6.74. The van der Waals surface area contributed by atoms with E-state index in [4.69, 9.17) is 33.0 Å². The number of ether oxygens (including phenoxy) is 1. The Morgan fingerprint density at radius 2 is 1.65 bits per heavy atom. The molecule has 1 fully saturated rings. The van der Waals surface area contributed by atoms with Gasteiger partial charge in [0.1, 0.15) is 17.9 Å². The molecule has 0 amide bonds. The fourth-order valence-corrected chi connectivity index (χ4v) is 6.78. The summed E-state index contributed by atoms with van der Waals surface area (Å²) in [5, 5.41) is 7.10. The molecule has 34 heavy (non-hydrogen) atoms. The molecule has 178 valence electrons. The van der Waals surface area contributed by atoms with E-state index in [2.05, 4.69) is 0 Å². The molecule has 0 atom stereocenters. The maximum absolute atomic E-state index is 14.0. The summed E-state index contributed by atoms with van der Waals surface area (Å²) < 4.78 is 35.7. The lowest BCUT2D eigenvalue weighted by Gasteiger charge is -2.25. The smallest absolute Gasteiger partial charge is 0.226 e. The van der Waals surface area contributed by atoms with Gasteiger partial charge in [0.15, 0.2) is 5.03 Å². The Balaban J connectivity index is 1.66. The maximum atomic E-state index is 14.0. The van der Waals surface area contributed by atoms with Crippen molar-refractivity contribution in [2.24, 2.45) is 5.92 Å². The molecule has 0 N–H and O–H groups in total. The van der Waals surface area contributed by atoms with E-state index >= 15 is 0 Å². The Morgan fingerprint density at radius 3 is 2.44 bits per heavy atom. The van der Waals surface area contributed by atoms with Crippen LogP contribution in [0.1, 0.15) is 25.7 Å².